The fraction of sp³-hybridized carbons (Fsp3) is 0.296. The second kappa shape index (κ2) is 10.3. The van der Waals surface area contributed by atoms with Gasteiger partial charge in [0.1, 0.15) is 0 Å². The maximum Gasteiger partial charge on any atom is 0.0340 e. The van der Waals surface area contributed by atoms with E-state index >= 15 is 0 Å². The van der Waals surface area contributed by atoms with Gasteiger partial charge in [-0.3, -0.25) is 4.98 Å². The van der Waals surface area contributed by atoms with Crippen molar-refractivity contribution in [3.05, 3.63) is 105 Å². The van der Waals surface area contributed by atoms with Gasteiger partial charge in [-0.05, 0) is 113 Å². The molecule has 30 heavy (non-hydrogen) atoms. The molecule has 3 heteroatoms. The Balaban J connectivity index is 1.32. The molecule has 1 heterocycles. The summed E-state index contributed by atoms with van der Waals surface area (Å²) in [6, 6.07) is 19.9. The second-order valence-electron chi connectivity index (χ2n) is 8.21. The van der Waals surface area contributed by atoms with Gasteiger partial charge in [-0.2, -0.15) is 0 Å². The first-order valence-electron chi connectivity index (χ1n) is 10.9. The van der Waals surface area contributed by atoms with Crippen molar-refractivity contribution < 1.29 is 0 Å². The third-order valence-electron chi connectivity index (χ3n) is 6.09. The van der Waals surface area contributed by atoms with Crippen molar-refractivity contribution in [3.63, 3.8) is 0 Å². The summed E-state index contributed by atoms with van der Waals surface area (Å²) in [4.78, 5) is 4.09. The maximum absolute atomic E-state index is 4.28. The van der Waals surface area contributed by atoms with Gasteiger partial charge in [0.25, 0.3) is 0 Å². The molecule has 1 aliphatic carbocycles. The van der Waals surface area contributed by atoms with Gasteiger partial charge in [0.05, 0.1) is 0 Å². The van der Waals surface area contributed by atoms with Crippen LogP contribution in [-0.4, -0.2) is 11.5 Å². The largest absolute Gasteiger partial charge is 0.385 e. The lowest BCUT2D eigenvalue weighted by Crippen LogP contribution is -2.16. The highest BCUT2D eigenvalue weighted by molar-refractivity contribution is 14.1. The summed E-state index contributed by atoms with van der Waals surface area (Å²) in [5.41, 5.74) is 7.91. The van der Waals surface area contributed by atoms with Crippen molar-refractivity contribution in [2.24, 2.45) is 0 Å². The zero-order valence-electron chi connectivity index (χ0n) is 17.4. The summed E-state index contributed by atoms with van der Waals surface area (Å²) in [5, 5.41) is 3.58. The Bertz CT molecular complexity index is 980. The van der Waals surface area contributed by atoms with Gasteiger partial charge in [-0.1, -0.05) is 43.3 Å². The minimum atomic E-state index is 0.653. The van der Waals surface area contributed by atoms with Crippen LogP contribution >= 0.6 is 22.6 Å². The van der Waals surface area contributed by atoms with E-state index in [-0.39, 0.29) is 0 Å². The van der Waals surface area contributed by atoms with Gasteiger partial charge in [-0.15, -0.1) is 0 Å². The van der Waals surface area contributed by atoms with Crippen LogP contribution < -0.4 is 5.32 Å². The number of hydrogen-bond acceptors (Lipinski definition) is 2. The first-order chi connectivity index (χ1) is 14.7. The fourth-order valence-corrected chi connectivity index (χ4v) is 4.91. The van der Waals surface area contributed by atoms with E-state index in [1.165, 1.54) is 45.9 Å². The summed E-state index contributed by atoms with van der Waals surface area (Å²) in [6.45, 7) is 5.24. The van der Waals surface area contributed by atoms with Gasteiger partial charge < -0.3 is 5.32 Å². The lowest BCUT2D eigenvalue weighted by atomic mass is 9.90. The SMILES string of the molecule is C=C(NCCC1CCCCc2ccc(I)cc21)c1ccc(Cc2ccncc2)cc1. The number of rotatable bonds is 7. The first-order valence-corrected chi connectivity index (χ1v) is 12.0. The molecule has 1 aromatic heterocycles. The van der Waals surface area contributed by atoms with E-state index in [9.17, 15) is 0 Å². The zero-order chi connectivity index (χ0) is 20.8. The van der Waals surface area contributed by atoms with Crippen molar-refractivity contribution in [2.75, 3.05) is 6.54 Å². The Kier molecular flexibility index (Phi) is 7.21. The van der Waals surface area contributed by atoms with E-state index < -0.39 is 0 Å². The predicted molar refractivity (Wildman–Crippen MR) is 135 cm³/mol. The molecule has 0 radical (unpaired) electrons. The molecule has 0 amide bonds. The molecule has 1 N–H and O–H groups in total. The van der Waals surface area contributed by atoms with Crippen LogP contribution in [0.15, 0.2) is 73.6 Å². The molecule has 0 bridgehead atoms. The second-order valence-corrected chi connectivity index (χ2v) is 9.45. The number of benzene rings is 2. The molecule has 2 aromatic carbocycles. The third kappa shape index (κ3) is 5.51. The Morgan fingerprint density at radius 2 is 1.77 bits per heavy atom. The van der Waals surface area contributed by atoms with Gasteiger partial charge in [-0.25, -0.2) is 0 Å². The van der Waals surface area contributed by atoms with Crippen LogP contribution in [0.4, 0.5) is 0 Å². The molecule has 1 unspecified atom stereocenters. The van der Waals surface area contributed by atoms with Gasteiger partial charge in [0, 0.05) is 28.2 Å². The minimum Gasteiger partial charge on any atom is -0.385 e. The first kappa shape index (κ1) is 21.1. The normalized spacial score (nSPS) is 15.8. The molecule has 2 nitrogen and oxygen atoms in total. The van der Waals surface area contributed by atoms with Crippen LogP contribution in [0.25, 0.3) is 5.70 Å². The molecule has 0 saturated carbocycles. The molecule has 0 saturated heterocycles. The Labute approximate surface area is 194 Å². The molecule has 3 aromatic rings. The number of nitrogens with zero attached hydrogens (tertiary/aromatic N) is 1. The molecular weight excluding hydrogens is 479 g/mol. The molecular formula is C27H29IN2. The van der Waals surface area contributed by atoms with Crippen LogP contribution in [0.5, 0.6) is 0 Å². The van der Waals surface area contributed by atoms with Gasteiger partial charge >= 0.3 is 0 Å². The monoisotopic (exact) mass is 508 g/mol. The van der Waals surface area contributed by atoms with Crippen molar-refractivity contribution in [3.8, 4) is 0 Å². The van der Waals surface area contributed by atoms with E-state index in [2.05, 4.69) is 94.1 Å². The quantitative estimate of drug-likeness (QED) is 0.283. The van der Waals surface area contributed by atoms with E-state index in [4.69, 9.17) is 0 Å². The average Bonchev–Trinajstić information content (AvgIpc) is 2.97. The van der Waals surface area contributed by atoms with Gasteiger partial charge in [0.15, 0.2) is 0 Å². The van der Waals surface area contributed by atoms with Crippen molar-refractivity contribution in [1.82, 2.24) is 10.3 Å². The van der Waals surface area contributed by atoms with Crippen molar-refractivity contribution in [1.29, 1.82) is 0 Å². The summed E-state index contributed by atoms with van der Waals surface area (Å²) in [5.74, 6) is 0.653. The zero-order valence-corrected chi connectivity index (χ0v) is 19.6. The van der Waals surface area contributed by atoms with Crippen LogP contribution in [0.3, 0.4) is 0 Å². The molecule has 0 spiro atoms. The summed E-state index contributed by atoms with van der Waals surface area (Å²) in [7, 11) is 0. The smallest absolute Gasteiger partial charge is 0.0340 e. The van der Waals surface area contributed by atoms with E-state index in [0.717, 1.165) is 25.1 Å². The van der Waals surface area contributed by atoms with Crippen molar-refractivity contribution in [2.45, 2.75) is 44.4 Å². The number of hydrogen-bond donors (Lipinski definition) is 1. The lowest BCUT2D eigenvalue weighted by molar-refractivity contribution is 0.551. The highest BCUT2D eigenvalue weighted by Gasteiger charge is 2.18. The highest BCUT2D eigenvalue weighted by atomic mass is 127. The molecule has 4 rings (SSSR count). The number of aryl methyl sites for hydroxylation is 1. The molecule has 0 aliphatic heterocycles. The molecule has 1 atom stereocenters. The highest BCUT2D eigenvalue weighted by Crippen LogP contribution is 2.33. The fourth-order valence-electron chi connectivity index (χ4n) is 4.39. The number of nitrogens with one attached hydrogen (secondary N) is 1. The topological polar surface area (TPSA) is 24.9 Å². The van der Waals surface area contributed by atoms with Crippen LogP contribution in [0, 0.1) is 3.57 Å². The number of fused-ring (bicyclic) bond motifs is 1. The Hall–Kier alpha value is -2.14. The molecule has 154 valence electrons. The van der Waals surface area contributed by atoms with Crippen LogP contribution in [0.1, 0.15) is 59.4 Å². The molecule has 1 aliphatic rings. The molecule has 0 fully saturated rings. The average molecular weight is 508 g/mol. The number of halogens is 1. The van der Waals surface area contributed by atoms with Gasteiger partial charge in [0.2, 0.25) is 0 Å². The Morgan fingerprint density at radius 3 is 2.57 bits per heavy atom. The summed E-state index contributed by atoms with van der Waals surface area (Å²) < 4.78 is 1.35. The summed E-state index contributed by atoms with van der Waals surface area (Å²) in [6.07, 6.45) is 11.0. The maximum atomic E-state index is 4.28. The number of aromatic nitrogens is 1. The minimum absolute atomic E-state index is 0.653. The van der Waals surface area contributed by atoms with Crippen molar-refractivity contribution >= 4 is 28.3 Å². The number of pyridine rings is 1. The van der Waals surface area contributed by atoms with E-state index in [1.807, 2.05) is 12.4 Å². The summed E-state index contributed by atoms with van der Waals surface area (Å²) >= 11 is 2.44. The van der Waals surface area contributed by atoms with E-state index in [0.29, 0.717) is 5.92 Å². The third-order valence-corrected chi connectivity index (χ3v) is 6.76. The van der Waals surface area contributed by atoms with E-state index in [1.54, 1.807) is 11.1 Å². The van der Waals surface area contributed by atoms with Crippen LogP contribution in [-0.2, 0) is 12.8 Å². The predicted octanol–water partition coefficient (Wildman–Crippen LogP) is 6.74. The Morgan fingerprint density at radius 1 is 1.00 bits per heavy atom. The van der Waals surface area contributed by atoms with Crippen LogP contribution in [0.2, 0.25) is 0 Å². The standard InChI is InChI=1S/C27H29IN2/c1-20(23-8-6-21(7-9-23)18-22-12-15-29-16-13-22)30-17-14-25-5-3-2-4-24-10-11-26(28)19-27(24)25/h6-13,15-16,19,25,30H,1-5,14,17-18H2. The lowest BCUT2D eigenvalue weighted by Gasteiger charge is -2.19.